The standard InChI is InChI=1S/C14H26O3/c1-10(2)13-5-4-11(3)6-14(13)9-16-8-12(7-15)17-14/h10-13,15H,4-9H2,1-3H3. The van der Waals surface area contributed by atoms with Gasteiger partial charge in [0.15, 0.2) is 0 Å². The van der Waals surface area contributed by atoms with Crippen molar-refractivity contribution in [2.75, 3.05) is 19.8 Å². The van der Waals surface area contributed by atoms with Gasteiger partial charge in [0.05, 0.1) is 25.4 Å². The first kappa shape index (κ1) is 13.3. The molecular formula is C14H26O3. The molecule has 1 N–H and O–H groups in total. The van der Waals surface area contributed by atoms with Crippen molar-refractivity contribution < 1.29 is 14.6 Å². The van der Waals surface area contributed by atoms with Gasteiger partial charge in [0, 0.05) is 0 Å². The van der Waals surface area contributed by atoms with E-state index in [0.717, 1.165) is 6.42 Å². The maximum absolute atomic E-state index is 9.29. The summed E-state index contributed by atoms with van der Waals surface area (Å²) in [5.74, 6) is 1.88. The summed E-state index contributed by atoms with van der Waals surface area (Å²) in [6.45, 7) is 8.15. The van der Waals surface area contributed by atoms with E-state index in [4.69, 9.17) is 9.47 Å². The van der Waals surface area contributed by atoms with Crippen LogP contribution in [0.5, 0.6) is 0 Å². The monoisotopic (exact) mass is 242 g/mol. The molecule has 2 rings (SSSR count). The van der Waals surface area contributed by atoms with E-state index in [2.05, 4.69) is 20.8 Å². The van der Waals surface area contributed by atoms with Crippen LogP contribution in [0.25, 0.3) is 0 Å². The number of rotatable bonds is 2. The van der Waals surface area contributed by atoms with Gasteiger partial charge in [-0.1, -0.05) is 27.2 Å². The first-order chi connectivity index (χ1) is 8.07. The van der Waals surface area contributed by atoms with E-state index in [1.165, 1.54) is 12.8 Å². The van der Waals surface area contributed by atoms with Gasteiger partial charge < -0.3 is 14.6 Å². The molecular weight excluding hydrogens is 216 g/mol. The van der Waals surface area contributed by atoms with E-state index in [-0.39, 0.29) is 18.3 Å². The normalized spacial score (nSPS) is 43.2. The first-order valence-electron chi connectivity index (χ1n) is 6.94. The van der Waals surface area contributed by atoms with Crippen molar-refractivity contribution in [3.63, 3.8) is 0 Å². The fraction of sp³-hybridized carbons (Fsp3) is 1.00. The highest BCUT2D eigenvalue weighted by molar-refractivity contribution is 4.97. The highest BCUT2D eigenvalue weighted by atomic mass is 16.6. The Labute approximate surface area is 104 Å². The minimum Gasteiger partial charge on any atom is -0.394 e. The fourth-order valence-electron chi connectivity index (χ4n) is 3.67. The van der Waals surface area contributed by atoms with E-state index >= 15 is 0 Å². The lowest BCUT2D eigenvalue weighted by Crippen LogP contribution is -2.57. The Balaban J connectivity index is 2.16. The minimum atomic E-state index is -0.141. The van der Waals surface area contributed by atoms with Crippen molar-refractivity contribution >= 4 is 0 Å². The largest absolute Gasteiger partial charge is 0.394 e. The van der Waals surface area contributed by atoms with Crippen LogP contribution in [0.3, 0.4) is 0 Å². The molecule has 2 fully saturated rings. The van der Waals surface area contributed by atoms with Crippen LogP contribution in [0.15, 0.2) is 0 Å². The van der Waals surface area contributed by atoms with Gasteiger partial charge in [0.25, 0.3) is 0 Å². The summed E-state index contributed by atoms with van der Waals surface area (Å²) in [6, 6.07) is 0. The molecule has 1 aliphatic heterocycles. The SMILES string of the molecule is CC1CCC(C(C)C)C2(COCC(CO)O2)C1. The molecule has 2 aliphatic rings. The Hall–Kier alpha value is -0.120. The second-order valence-electron chi connectivity index (χ2n) is 6.24. The van der Waals surface area contributed by atoms with Gasteiger partial charge in [-0.2, -0.15) is 0 Å². The summed E-state index contributed by atoms with van der Waals surface area (Å²) in [7, 11) is 0. The van der Waals surface area contributed by atoms with Crippen LogP contribution in [-0.2, 0) is 9.47 Å². The molecule has 1 heterocycles. The molecule has 0 amide bonds. The Kier molecular flexibility index (Phi) is 4.11. The Morgan fingerprint density at radius 2 is 2.12 bits per heavy atom. The summed E-state index contributed by atoms with van der Waals surface area (Å²) in [4.78, 5) is 0. The average molecular weight is 242 g/mol. The summed E-state index contributed by atoms with van der Waals surface area (Å²) in [5, 5.41) is 9.29. The van der Waals surface area contributed by atoms with Gasteiger partial charge in [0.2, 0.25) is 0 Å². The van der Waals surface area contributed by atoms with E-state index in [0.29, 0.717) is 31.0 Å². The van der Waals surface area contributed by atoms with Gasteiger partial charge in [-0.05, 0) is 30.6 Å². The second kappa shape index (κ2) is 5.25. The van der Waals surface area contributed by atoms with Gasteiger partial charge >= 0.3 is 0 Å². The molecule has 100 valence electrons. The molecule has 1 saturated heterocycles. The van der Waals surface area contributed by atoms with Crippen LogP contribution in [0.4, 0.5) is 0 Å². The Morgan fingerprint density at radius 3 is 2.76 bits per heavy atom. The van der Waals surface area contributed by atoms with Crippen LogP contribution in [-0.4, -0.2) is 36.6 Å². The number of aliphatic hydroxyl groups is 1. The molecule has 3 nitrogen and oxygen atoms in total. The molecule has 1 saturated carbocycles. The topological polar surface area (TPSA) is 38.7 Å². The molecule has 4 unspecified atom stereocenters. The molecule has 0 aromatic heterocycles. The van der Waals surface area contributed by atoms with E-state index in [1.54, 1.807) is 0 Å². The average Bonchev–Trinajstić information content (AvgIpc) is 2.28. The first-order valence-corrected chi connectivity index (χ1v) is 6.94. The zero-order chi connectivity index (χ0) is 12.5. The maximum Gasteiger partial charge on any atom is 0.105 e. The lowest BCUT2D eigenvalue weighted by molar-refractivity contribution is -0.249. The fourth-order valence-corrected chi connectivity index (χ4v) is 3.67. The number of ether oxygens (including phenoxy) is 2. The molecule has 3 heteroatoms. The zero-order valence-electron chi connectivity index (χ0n) is 11.3. The lowest BCUT2D eigenvalue weighted by Gasteiger charge is -2.51. The lowest BCUT2D eigenvalue weighted by atomic mass is 9.67. The van der Waals surface area contributed by atoms with Crippen LogP contribution < -0.4 is 0 Å². The molecule has 1 aliphatic carbocycles. The highest BCUT2D eigenvalue weighted by Crippen LogP contribution is 2.45. The molecule has 17 heavy (non-hydrogen) atoms. The van der Waals surface area contributed by atoms with Crippen molar-refractivity contribution in [1.82, 2.24) is 0 Å². The summed E-state index contributed by atoms with van der Waals surface area (Å²) >= 11 is 0. The van der Waals surface area contributed by atoms with E-state index < -0.39 is 0 Å². The van der Waals surface area contributed by atoms with E-state index in [9.17, 15) is 5.11 Å². The third-order valence-electron chi connectivity index (χ3n) is 4.40. The molecule has 0 aromatic rings. The maximum atomic E-state index is 9.29. The number of hydrogen-bond acceptors (Lipinski definition) is 3. The summed E-state index contributed by atoms with van der Waals surface area (Å²) < 4.78 is 11.9. The minimum absolute atomic E-state index is 0.0704. The molecule has 0 radical (unpaired) electrons. The van der Waals surface area contributed by atoms with Gasteiger partial charge in [-0.15, -0.1) is 0 Å². The predicted molar refractivity (Wildman–Crippen MR) is 66.9 cm³/mol. The quantitative estimate of drug-likeness (QED) is 0.807. The van der Waals surface area contributed by atoms with Crippen LogP contribution in [0.1, 0.15) is 40.0 Å². The Bertz CT molecular complexity index is 254. The van der Waals surface area contributed by atoms with Crippen molar-refractivity contribution in [3.8, 4) is 0 Å². The van der Waals surface area contributed by atoms with Gasteiger partial charge in [-0.25, -0.2) is 0 Å². The molecule has 0 bridgehead atoms. The van der Waals surface area contributed by atoms with Crippen molar-refractivity contribution in [2.45, 2.75) is 51.7 Å². The smallest absolute Gasteiger partial charge is 0.105 e. The van der Waals surface area contributed by atoms with Crippen molar-refractivity contribution in [3.05, 3.63) is 0 Å². The zero-order valence-corrected chi connectivity index (χ0v) is 11.3. The van der Waals surface area contributed by atoms with Crippen LogP contribution >= 0.6 is 0 Å². The van der Waals surface area contributed by atoms with Crippen molar-refractivity contribution in [1.29, 1.82) is 0 Å². The molecule has 1 spiro atoms. The third kappa shape index (κ3) is 2.67. The van der Waals surface area contributed by atoms with Crippen molar-refractivity contribution in [2.24, 2.45) is 17.8 Å². The molecule has 0 aromatic carbocycles. The van der Waals surface area contributed by atoms with Crippen LogP contribution in [0, 0.1) is 17.8 Å². The van der Waals surface area contributed by atoms with Gasteiger partial charge in [-0.3, -0.25) is 0 Å². The van der Waals surface area contributed by atoms with Gasteiger partial charge in [0.1, 0.15) is 6.10 Å². The Morgan fingerprint density at radius 1 is 1.35 bits per heavy atom. The van der Waals surface area contributed by atoms with E-state index in [1.807, 2.05) is 0 Å². The summed E-state index contributed by atoms with van der Waals surface area (Å²) in [5.41, 5.74) is -0.141. The second-order valence-corrected chi connectivity index (χ2v) is 6.24. The third-order valence-corrected chi connectivity index (χ3v) is 4.40. The van der Waals surface area contributed by atoms with Crippen LogP contribution in [0.2, 0.25) is 0 Å². The molecule has 4 atom stereocenters. The number of aliphatic hydroxyl groups excluding tert-OH is 1. The number of hydrogen-bond donors (Lipinski definition) is 1. The highest BCUT2D eigenvalue weighted by Gasteiger charge is 2.48. The summed E-state index contributed by atoms with van der Waals surface area (Å²) in [6.07, 6.45) is 3.46. The predicted octanol–water partition coefficient (Wildman–Crippen LogP) is 2.23.